The van der Waals surface area contributed by atoms with E-state index in [1.54, 1.807) is 0 Å². The average Bonchev–Trinajstić information content (AvgIpc) is 3.10. The molecule has 0 fully saturated rings. The van der Waals surface area contributed by atoms with Crippen LogP contribution in [0, 0.1) is 0 Å². The van der Waals surface area contributed by atoms with Gasteiger partial charge in [-0.3, -0.25) is 9.59 Å². The van der Waals surface area contributed by atoms with Gasteiger partial charge in [0.25, 0.3) is 0 Å². The first-order valence-electron chi connectivity index (χ1n) is 10.5. The lowest BCUT2D eigenvalue weighted by molar-refractivity contribution is -0.152. The van der Waals surface area contributed by atoms with Crippen molar-refractivity contribution < 1.29 is 28.7 Å². The Labute approximate surface area is 191 Å². The Bertz CT molecular complexity index is 1040. The molecule has 0 heterocycles. The average molecular weight is 453 g/mol. The highest BCUT2D eigenvalue weighted by atomic mass is 16.5. The fraction of sp³-hybridized carbons (Fsp3) is 0.333. The van der Waals surface area contributed by atoms with Crippen LogP contribution in [0.25, 0.3) is 11.1 Å². The summed E-state index contributed by atoms with van der Waals surface area (Å²) in [6.07, 6.45) is -1.24. The summed E-state index contributed by atoms with van der Waals surface area (Å²) in [6.45, 7) is 2.84. The van der Waals surface area contributed by atoms with E-state index in [0.717, 1.165) is 29.4 Å². The number of hydrogen-bond donors (Lipinski definition) is 3. The van der Waals surface area contributed by atoms with Crippen molar-refractivity contribution in [3.8, 4) is 11.1 Å². The number of benzene rings is 2. The highest BCUT2D eigenvalue weighted by Crippen LogP contribution is 2.44. The maximum Gasteiger partial charge on any atom is 0.407 e. The Morgan fingerprint density at radius 2 is 1.58 bits per heavy atom. The molecule has 0 saturated carbocycles. The standard InChI is InChI=1S/C24H27N3O6/c1-14(21(29)27-24(2,12-20(25)28)22(30)32-3)26-23(31)33-13-19-17-10-6-4-8-15(17)16-9-5-7-11-18(16)19/h4-11,14,19H,12-13H2,1-3H3,(H2,25,28)(H,26,31)(H,27,29)/t14-,24-/m0/s1. The van der Waals surface area contributed by atoms with Crippen molar-refractivity contribution in [2.45, 2.75) is 37.8 Å². The minimum atomic E-state index is -1.66. The predicted octanol–water partition coefficient (Wildman–Crippen LogP) is 1.84. The molecule has 174 valence electrons. The van der Waals surface area contributed by atoms with Crippen molar-refractivity contribution in [2.24, 2.45) is 5.73 Å². The van der Waals surface area contributed by atoms with Crippen LogP contribution >= 0.6 is 0 Å². The van der Waals surface area contributed by atoms with E-state index in [-0.39, 0.29) is 12.5 Å². The van der Waals surface area contributed by atoms with Crippen LogP contribution in [0.2, 0.25) is 0 Å². The van der Waals surface area contributed by atoms with E-state index < -0.39 is 41.9 Å². The molecule has 2 aromatic rings. The van der Waals surface area contributed by atoms with Crippen LogP contribution in [0.1, 0.15) is 37.3 Å². The SMILES string of the molecule is COC(=O)[C@](C)(CC(N)=O)NC(=O)[C@H](C)NC(=O)OCC1c2ccccc2-c2ccccc21. The van der Waals surface area contributed by atoms with Gasteiger partial charge in [0, 0.05) is 5.92 Å². The van der Waals surface area contributed by atoms with Gasteiger partial charge in [0.2, 0.25) is 11.8 Å². The molecule has 0 spiro atoms. The number of alkyl carbamates (subject to hydrolysis) is 1. The van der Waals surface area contributed by atoms with E-state index in [0.29, 0.717) is 0 Å². The first-order chi connectivity index (χ1) is 15.7. The van der Waals surface area contributed by atoms with Gasteiger partial charge in [-0.15, -0.1) is 0 Å². The molecule has 1 aliphatic carbocycles. The van der Waals surface area contributed by atoms with Gasteiger partial charge in [0.15, 0.2) is 0 Å². The number of nitrogens with two attached hydrogens (primary N) is 1. The van der Waals surface area contributed by atoms with Crippen LogP contribution in [-0.2, 0) is 23.9 Å². The van der Waals surface area contributed by atoms with Crippen LogP contribution in [0.3, 0.4) is 0 Å². The number of fused-ring (bicyclic) bond motifs is 3. The smallest absolute Gasteiger partial charge is 0.407 e. The van der Waals surface area contributed by atoms with Gasteiger partial charge in [0.05, 0.1) is 13.5 Å². The molecule has 9 nitrogen and oxygen atoms in total. The quantitative estimate of drug-likeness (QED) is 0.522. The Kier molecular flexibility index (Phi) is 7.01. The highest BCUT2D eigenvalue weighted by molar-refractivity contribution is 5.94. The Hall–Kier alpha value is -3.88. The molecular weight excluding hydrogens is 426 g/mol. The first-order valence-corrected chi connectivity index (χ1v) is 10.5. The van der Waals surface area contributed by atoms with E-state index in [2.05, 4.69) is 15.4 Å². The van der Waals surface area contributed by atoms with Gasteiger partial charge in [-0.05, 0) is 36.1 Å². The second kappa shape index (κ2) is 9.72. The van der Waals surface area contributed by atoms with Crippen molar-refractivity contribution in [1.82, 2.24) is 10.6 Å². The Balaban J connectivity index is 1.61. The Morgan fingerprint density at radius 3 is 2.09 bits per heavy atom. The number of carbonyl (C=O) groups excluding carboxylic acids is 4. The Morgan fingerprint density at radius 1 is 1.03 bits per heavy atom. The van der Waals surface area contributed by atoms with E-state index in [9.17, 15) is 19.2 Å². The summed E-state index contributed by atoms with van der Waals surface area (Å²) in [5.41, 5.74) is 7.87. The number of primary amides is 1. The highest BCUT2D eigenvalue weighted by Gasteiger charge is 2.39. The van der Waals surface area contributed by atoms with E-state index >= 15 is 0 Å². The van der Waals surface area contributed by atoms with E-state index in [4.69, 9.17) is 10.5 Å². The molecule has 0 bridgehead atoms. The molecule has 3 amide bonds. The summed E-state index contributed by atoms with van der Waals surface area (Å²) in [6, 6.07) is 14.8. The largest absolute Gasteiger partial charge is 0.467 e. The third kappa shape index (κ3) is 5.14. The van der Waals surface area contributed by atoms with Gasteiger partial charge in [0.1, 0.15) is 18.2 Å². The van der Waals surface area contributed by atoms with Crippen LogP contribution in [0.5, 0.6) is 0 Å². The number of amides is 3. The molecule has 9 heteroatoms. The fourth-order valence-electron chi connectivity index (χ4n) is 4.00. The number of hydrogen-bond acceptors (Lipinski definition) is 6. The summed E-state index contributed by atoms with van der Waals surface area (Å²) in [7, 11) is 1.13. The lowest BCUT2D eigenvalue weighted by Gasteiger charge is -2.28. The van der Waals surface area contributed by atoms with Gasteiger partial charge in [-0.1, -0.05) is 48.5 Å². The van der Waals surface area contributed by atoms with Crippen LogP contribution < -0.4 is 16.4 Å². The zero-order valence-electron chi connectivity index (χ0n) is 18.7. The maximum absolute atomic E-state index is 12.5. The number of methoxy groups -OCH3 is 1. The molecule has 33 heavy (non-hydrogen) atoms. The van der Waals surface area contributed by atoms with Crippen molar-refractivity contribution in [3.05, 3.63) is 59.7 Å². The van der Waals surface area contributed by atoms with E-state index in [1.165, 1.54) is 13.8 Å². The summed E-state index contributed by atoms with van der Waals surface area (Å²) >= 11 is 0. The topological polar surface area (TPSA) is 137 Å². The molecule has 0 unspecified atom stereocenters. The number of rotatable bonds is 8. The third-order valence-electron chi connectivity index (χ3n) is 5.63. The van der Waals surface area contributed by atoms with Crippen molar-refractivity contribution in [1.29, 1.82) is 0 Å². The molecule has 2 aromatic carbocycles. The molecule has 3 rings (SSSR count). The summed E-state index contributed by atoms with van der Waals surface area (Å²) in [4.78, 5) is 48.3. The predicted molar refractivity (Wildman–Crippen MR) is 120 cm³/mol. The lowest BCUT2D eigenvalue weighted by atomic mass is 9.97. The second-order valence-electron chi connectivity index (χ2n) is 8.15. The second-order valence-corrected chi connectivity index (χ2v) is 8.15. The zero-order valence-corrected chi connectivity index (χ0v) is 18.7. The number of esters is 1. The van der Waals surface area contributed by atoms with E-state index in [1.807, 2.05) is 48.5 Å². The minimum absolute atomic E-state index is 0.0930. The monoisotopic (exact) mass is 453 g/mol. The van der Waals surface area contributed by atoms with Crippen LogP contribution in [0.4, 0.5) is 4.79 Å². The molecular formula is C24H27N3O6. The van der Waals surface area contributed by atoms with Gasteiger partial charge in [-0.2, -0.15) is 0 Å². The van der Waals surface area contributed by atoms with Crippen LogP contribution in [-0.4, -0.2) is 49.2 Å². The normalized spacial score (nSPS) is 14.8. The van der Waals surface area contributed by atoms with Gasteiger partial charge < -0.3 is 25.8 Å². The molecule has 2 atom stereocenters. The van der Waals surface area contributed by atoms with Gasteiger partial charge in [-0.25, -0.2) is 9.59 Å². The van der Waals surface area contributed by atoms with Crippen LogP contribution in [0.15, 0.2) is 48.5 Å². The molecule has 4 N–H and O–H groups in total. The molecule has 0 aliphatic heterocycles. The van der Waals surface area contributed by atoms with Gasteiger partial charge >= 0.3 is 12.1 Å². The number of ether oxygens (including phenoxy) is 2. The molecule has 0 saturated heterocycles. The lowest BCUT2D eigenvalue weighted by Crippen LogP contribution is -2.58. The van der Waals surface area contributed by atoms with Crippen molar-refractivity contribution in [3.63, 3.8) is 0 Å². The summed E-state index contributed by atoms with van der Waals surface area (Å²) in [5, 5.41) is 4.86. The summed E-state index contributed by atoms with van der Waals surface area (Å²) < 4.78 is 10.1. The molecule has 0 radical (unpaired) electrons. The third-order valence-corrected chi connectivity index (χ3v) is 5.63. The maximum atomic E-state index is 12.5. The fourth-order valence-corrected chi connectivity index (χ4v) is 4.00. The molecule has 0 aromatic heterocycles. The minimum Gasteiger partial charge on any atom is -0.467 e. The first kappa shape index (κ1) is 23.8. The number of carbonyl (C=O) groups is 4. The number of nitrogens with one attached hydrogen (secondary N) is 2. The molecule has 1 aliphatic rings. The zero-order chi connectivity index (χ0) is 24.2. The van der Waals surface area contributed by atoms with Crippen molar-refractivity contribution in [2.75, 3.05) is 13.7 Å². The summed E-state index contributed by atoms with van der Waals surface area (Å²) in [5.74, 6) is -2.44. The van der Waals surface area contributed by atoms with Crippen molar-refractivity contribution >= 4 is 23.9 Å².